The first-order valence-electron chi connectivity index (χ1n) is 8.66. The van der Waals surface area contributed by atoms with E-state index in [4.69, 9.17) is 14.3 Å². The molecule has 0 aliphatic heterocycles. The molecule has 0 aromatic heterocycles. The van der Waals surface area contributed by atoms with Crippen molar-refractivity contribution in [2.45, 2.75) is 64.3 Å². The Balaban J connectivity index is 2.33. The SMILES string of the molecule is C[Si](C)(C)OC(=O)C(CCCC=CCC1=CCCC1=O)OCCO. The summed E-state index contributed by atoms with van der Waals surface area (Å²) in [6.07, 6.45) is 9.83. The Hall–Kier alpha value is -1.24. The van der Waals surface area contributed by atoms with Crippen LogP contribution >= 0.6 is 0 Å². The van der Waals surface area contributed by atoms with Gasteiger partial charge in [0.2, 0.25) is 8.32 Å². The van der Waals surface area contributed by atoms with Gasteiger partial charge in [-0.1, -0.05) is 18.2 Å². The lowest BCUT2D eigenvalue weighted by molar-refractivity contribution is -0.149. The summed E-state index contributed by atoms with van der Waals surface area (Å²) >= 11 is 0. The second-order valence-corrected chi connectivity index (χ2v) is 11.3. The second-order valence-electron chi connectivity index (χ2n) is 6.91. The monoisotopic (exact) mass is 354 g/mol. The predicted molar refractivity (Wildman–Crippen MR) is 96.2 cm³/mol. The van der Waals surface area contributed by atoms with Gasteiger partial charge < -0.3 is 14.3 Å². The summed E-state index contributed by atoms with van der Waals surface area (Å²) in [5.74, 6) is -0.0699. The quantitative estimate of drug-likeness (QED) is 0.350. The van der Waals surface area contributed by atoms with Crippen molar-refractivity contribution in [3.63, 3.8) is 0 Å². The maximum Gasteiger partial charge on any atom is 0.321 e. The maximum absolute atomic E-state index is 12.1. The molecule has 1 rings (SSSR count). The summed E-state index contributed by atoms with van der Waals surface area (Å²) in [5, 5.41) is 8.88. The fraction of sp³-hybridized carbons (Fsp3) is 0.667. The third kappa shape index (κ3) is 8.56. The molecule has 1 N–H and O–H groups in total. The van der Waals surface area contributed by atoms with E-state index >= 15 is 0 Å². The third-order valence-electron chi connectivity index (χ3n) is 3.54. The van der Waals surface area contributed by atoms with Crippen molar-refractivity contribution < 1.29 is 23.9 Å². The van der Waals surface area contributed by atoms with Gasteiger partial charge in [0.25, 0.3) is 0 Å². The number of unbranched alkanes of at least 4 members (excludes halogenated alkanes) is 1. The van der Waals surface area contributed by atoms with E-state index in [2.05, 4.69) is 0 Å². The molecule has 6 heteroatoms. The van der Waals surface area contributed by atoms with Gasteiger partial charge >= 0.3 is 5.97 Å². The molecule has 1 atom stereocenters. The van der Waals surface area contributed by atoms with Crippen LogP contribution in [0.2, 0.25) is 19.6 Å². The number of carbonyl (C=O) groups is 2. The minimum atomic E-state index is -1.95. The van der Waals surface area contributed by atoms with Crippen molar-refractivity contribution in [2.75, 3.05) is 13.2 Å². The molecule has 5 nitrogen and oxygen atoms in total. The number of carbonyl (C=O) groups excluding carboxylic acids is 2. The molecule has 0 fully saturated rings. The number of aliphatic hydroxyl groups is 1. The van der Waals surface area contributed by atoms with Gasteiger partial charge in [-0.2, -0.15) is 0 Å². The number of allylic oxidation sites excluding steroid dienone is 4. The molecule has 0 saturated carbocycles. The Kier molecular flexibility index (Phi) is 9.18. The molecule has 0 radical (unpaired) electrons. The highest BCUT2D eigenvalue weighted by atomic mass is 28.4. The summed E-state index contributed by atoms with van der Waals surface area (Å²) < 4.78 is 10.9. The largest absolute Gasteiger partial charge is 0.518 e. The first-order chi connectivity index (χ1) is 11.3. The zero-order valence-corrected chi connectivity index (χ0v) is 16.0. The second kappa shape index (κ2) is 10.6. The maximum atomic E-state index is 12.1. The Morgan fingerprint density at radius 1 is 1.38 bits per heavy atom. The number of ether oxygens (including phenoxy) is 1. The van der Waals surface area contributed by atoms with E-state index in [9.17, 15) is 9.59 Å². The molecule has 0 amide bonds. The van der Waals surface area contributed by atoms with Crippen molar-refractivity contribution in [3.05, 3.63) is 23.8 Å². The topological polar surface area (TPSA) is 72.8 Å². The number of hydrogen-bond donors (Lipinski definition) is 1. The van der Waals surface area contributed by atoms with Crippen LogP contribution in [0, 0.1) is 0 Å². The van der Waals surface area contributed by atoms with Crippen molar-refractivity contribution in [2.24, 2.45) is 0 Å². The van der Waals surface area contributed by atoms with Crippen LogP contribution in [0.4, 0.5) is 0 Å². The van der Waals surface area contributed by atoms with Crippen molar-refractivity contribution in [3.8, 4) is 0 Å². The summed E-state index contributed by atoms with van der Waals surface area (Å²) in [6, 6.07) is 0. The van der Waals surface area contributed by atoms with Gasteiger partial charge in [-0.25, -0.2) is 0 Å². The van der Waals surface area contributed by atoms with Gasteiger partial charge in [0.1, 0.15) is 0 Å². The number of ketones is 1. The summed E-state index contributed by atoms with van der Waals surface area (Å²) in [6.45, 7) is 5.89. The van der Waals surface area contributed by atoms with Crippen molar-refractivity contribution in [1.82, 2.24) is 0 Å². The molecule has 24 heavy (non-hydrogen) atoms. The zero-order valence-electron chi connectivity index (χ0n) is 15.0. The highest BCUT2D eigenvalue weighted by Crippen LogP contribution is 2.18. The van der Waals surface area contributed by atoms with E-state index in [1.807, 2.05) is 37.9 Å². The third-order valence-corrected chi connectivity index (χ3v) is 4.36. The molecule has 0 saturated heterocycles. The van der Waals surface area contributed by atoms with Crippen LogP contribution in [0.3, 0.4) is 0 Å². The summed E-state index contributed by atoms with van der Waals surface area (Å²) in [5.41, 5.74) is 0.911. The van der Waals surface area contributed by atoms with Gasteiger partial charge in [0.05, 0.1) is 13.2 Å². The lowest BCUT2D eigenvalue weighted by atomic mass is 10.1. The van der Waals surface area contributed by atoms with Crippen molar-refractivity contribution >= 4 is 20.1 Å². The summed E-state index contributed by atoms with van der Waals surface area (Å²) in [4.78, 5) is 23.6. The minimum Gasteiger partial charge on any atom is -0.518 e. The molecule has 0 bridgehead atoms. The van der Waals surface area contributed by atoms with Gasteiger partial charge in [-0.05, 0) is 57.3 Å². The smallest absolute Gasteiger partial charge is 0.321 e. The lowest BCUT2D eigenvalue weighted by Gasteiger charge is -2.22. The van der Waals surface area contributed by atoms with Gasteiger partial charge in [0, 0.05) is 6.42 Å². The van der Waals surface area contributed by atoms with E-state index < -0.39 is 14.4 Å². The van der Waals surface area contributed by atoms with E-state index in [0.717, 1.165) is 24.8 Å². The van der Waals surface area contributed by atoms with E-state index in [1.165, 1.54) is 0 Å². The number of Topliss-reactive ketones (excluding diaryl/α,β-unsaturated/α-hetero) is 1. The van der Waals surface area contributed by atoms with Gasteiger partial charge in [-0.15, -0.1) is 0 Å². The van der Waals surface area contributed by atoms with E-state index in [-0.39, 0.29) is 25.0 Å². The highest BCUT2D eigenvalue weighted by molar-refractivity contribution is 6.71. The average molecular weight is 355 g/mol. The molecule has 1 aliphatic carbocycles. The lowest BCUT2D eigenvalue weighted by Crippen LogP contribution is -2.37. The Morgan fingerprint density at radius 2 is 2.12 bits per heavy atom. The minimum absolute atomic E-state index is 0.111. The van der Waals surface area contributed by atoms with Crippen LogP contribution in [0.5, 0.6) is 0 Å². The predicted octanol–water partition coefficient (Wildman–Crippen LogP) is 3.15. The van der Waals surface area contributed by atoms with Crippen LogP contribution < -0.4 is 0 Å². The fourth-order valence-electron chi connectivity index (χ4n) is 2.43. The van der Waals surface area contributed by atoms with Crippen LogP contribution in [0.15, 0.2) is 23.8 Å². The molecule has 1 aliphatic rings. The number of rotatable bonds is 11. The zero-order chi connectivity index (χ0) is 18.0. The van der Waals surface area contributed by atoms with Gasteiger partial charge in [0.15, 0.2) is 11.9 Å². The first-order valence-corrected chi connectivity index (χ1v) is 12.1. The highest BCUT2D eigenvalue weighted by Gasteiger charge is 2.26. The molecular weight excluding hydrogens is 324 g/mol. The summed E-state index contributed by atoms with van der Waals surface area (Å²) in [7, 11) is -1.95. The van der Waals surface area contributed by atoms with Gasteiger partial charge in [-0.3, -0.25) is 9.59 Å². The molecule has 0 aromatic carbocycles. The molecular formula is C18H30O5Si. The van der Waals surface area contributed by atoms with Crippen LogP contribution in [-0.2, 0) is 18.8 Å². The van der Waals surface area contributed by atoms with Crippen LogP contribution in [0.1, 0.15) is 38.5 Å². The molecule has 136 valence electrons. The van der Waals surface area contributed by atoms with Crippen molar-refractivity contribution in [1.29, 1.82) is 0 Å². The van der Waals surface area contributed by atoms with E-state index in [0.29, 0.717) is 19.3 Å². The molecule has 0 heterocycles. The number of hydrogen-bond acceptors (Lipinski definition) is 5. The molecule has 0 spiro atoms. The first kappa shape index (κ1) is 20.8. The molecule has 0 aromatic rings. The van der Waals surface area contributed by atoms with Crippen LogP contribution in [0.25, 0.3) is 0 Å². The average Bonchev–Trinajstić information content (AvgIpc) is 2.89. The Labute approximate surface area is 145 Å². The molecule has 1 unspecified atom stereocenters. The number of aliphatic hydroxyl groups excluding tert-OH is 1. The van der Waals surface area contributed by atoms with E-state index in [1.54, 1.807) is 0 Å². The standard InChI is InChI=1S/C18H30O5Si/c1-24(2,3)23-18(21)17(22-14-13-19)12-7-5-4-6-9-15-10-8-11-16(15)20/h4,6,10,17,19H,5,7-9,11-14H2,1-3H3. The Bertz CT molecular complexity index is 476. The normalized spacial score (nSPS) is 16.5. The Morgan fingerprint density at radius 3 is 2.71 bits per heavy atom. The fourth-order valence-corrected chi connectivity index (χ4v) is 3.16. The van der Waals surface area contributed by atoms with Crippen LogP contribution in [-0.4, -0.2) is 44.5 Å².